The molecule has 2 unspecified atom stereocenters. The van der Waals surface area contributed by atoms with E-state index in [0.29, 0.717) is 13.0 Å². The molecule has 0 radical (unpaired) electrons. The van der Waals surface area contributed by atoms with Gasteiger partial charge in [0.2, 0.25) is 28.6 Å². The lowest BCUT2D eigenvalue weighted by Crippen LogP contribution is -2.64. The van der Waals surface area contributed by atoms with E-state index in [4.69, 9.17) is 23.4 Å². The quantitative estimate of drug-likeness (QED) is 0.0347. The van der Waals surface area contributed by atoms with Crippen LogP contribution in [0, 0.1) is 0 Å². The molecule has 2 saturated heterocycles. The van der Waals surface area contributed by atoms with Gasteiger partial charge in [0.25, 0.3) is 0 Å². The molecule has 476 valence electrons. The Kier molecular flexibility index (Phi) is 20.5. The topological polar surface area (TPSA) is 709 Å². The summed E-state index contributed by atoms with van der Waals surface area (Å²) in [5.74, 6) is -9.50. The van der Waals surface area contributed by atoms with Gasteiger partial charge in [0.15, 0.2) is 47.3 Å². The van der Waals surface area contributed by atoms with Crippen LogP contribution in [-0.2, 0) is 133 Å². The Morgan fingerprint density at radius 3 is 1.36 bits per heavy atom. The number of hydrogen-bond acceptors (Lipinski definition) is 37. The maximum Gasteiger partial charge on any atom is 0.446 e. The fourth-order valence-electron chi connectivity index (χ4n) is 6.94. The van der Waals surface area contributed by atoms with E-state index in [0.717, 1.165) is 0 Å². The van der Waals surface area contributed by atoms with Crippen LogP contribution < -0.4 is 26.9 Å². The van der Waals surface area contributed by atoms with Gasteiger partial charge in [-0.2, -0.15) is 75.8 Å². The Hall–Kier alpha value is -4.29. The third-order valence-corrected chi connectivity index (χ3v) is 13.6. The van der Waals surface area contributed by atoms with Crippen molar-refractivity contribution in [2.75, 3.05) is 6.61 Å². The SMILES string of the molecule is C[C@H]1OC(OC[C@@H]2OC(Oc3c(-c4ccc(OS(=O)(=O)O)c(OS(=O)(=O)O)c4)oc4cc(OS(=O)(=O)O)cc(OS(=O)(=O)O)c4c3=O)[C@@H](OS(=O)(=O)O)[C@H](OS(O)(O)O)[C@H]2OS(=O)(=O)O)[C@@H](OS(=O)(=O)O)[C@@H](OS(=O)(=O)O)[C@@H]1OS(=O)(=O)O. The Bertz CT molecular complexity index is 4080. The average Bonchev–Trinajstić information content (AvgIpc) is 3.43. The lowest BCUT2D eigenvalue weighted by Gasteiger charge is -2.46. The monoisotopic (exact) mass is 1410 g/mol. The van der Waals surface area contributed by atoms with Crippen molar-refractivity contribution in [2.45, 2.75) is 68.3 Å². The van der Waals surface area contributed by atoms with Gasteiger partial charge in [-0.25, -0.2) is 20.9 Å². The summed E-state index contributed by atoms with van der Waals surface area (Å²) < 4.78 is 402. The predicted molar refractivity (Wildman–Crippen MR) is 249 cm³/mol. The highest BCUT2D eigenvalue weighted by Crippen LogP contribution is 2.45. The van der Waals surface area contributed by atoms with E-state index in [9.17, 15) is 135 Å². The first-order chi connectivity index (χ1) is 37.1. The number of benzene rings is 2. The molecule has 0 amide bonds. The van der Waals surface area contributed by atoms with Crippen molar-refractivity contribution in [1.29, 1.82) is 0 Å². The summed E-state index contributed by atoms with van der Waals surface area (Å²) in [5.41, 5.74) is -4.62. The zero-order valence-corrected chi connectivity index (χ0v) is 46.9. The minimum Gasteiger partial charge on any atom is -0.454 e. The summed E-state index contributed by atoms with van der Waals surface area (Å²) in [4.78, 5) is 14.8. The van der Waals surface area contributed by atoms with Crippen molar-refractivity contribution in [1.82, 2.24) is 0 Å². The third-order valence-electron chi connectivity index (χ3n) is 9.26. The normalized spacial score (nSPS) is 24.9. The molecule has 12 N–H and O–H groups in total. The molecule has 0 bridgehead atoms. The van der Waals surface area contributed by atoms with Crippen LogP contribution in [0.1, 0.15) is 6.92 Å². The minimum atomic E-state index is -6.35. The highest BCUT2D eigenvalue weighted by molar-refractivity contribution is 8.15. The molecule has 3 heterocycles. The van der Waals surface area contributed by atoms with E-state index in [-0.39, 0.29) is 24.3 Å². The number of rotatable bonds is 26. The Morgan fingerprint density at radius 1 is 0.446 bits per heavy atom. The highest BCUT2D eigenvalue weighted by Gasteiger charge is 2.57. The van der Waals surface area contributed by atoms with E-state index >= 15 is 0 Å². The second-order valence-electron chi connectivity index (χ2n) is 15.3. The largest absolute Gasteiger partial charge is 0.454 e. The van der Waals surface area contributed by atoms with Gasteiger partial charge in [0, 0.05) is 17.7 Å². The molecule has 0 spiro atoms. The Labute approximate surface area is 464 Å². The fourth-order valence-corrected chi connectivity index (χ4v) is 11.4. The fraction of sp³-hybridized carbons (Fsp3) is 0.444. The molecule has 46 nitrogen and oxygen atoms in total. The first-order valence-electron chi connectivity index (χ1n) is 19.7. The van der Waals surface area contributed by atoms with E-state index < -0.39 is 229 Å². The zero-order chi connectivity index (χ0) is 63.4. The number of ether oxygens (including phenoxy) is 4. The zero-order valence-electron chi connectivity index (χ0n) is 38.7. The molecule has 2 aliphatic rings. The summed E-state index contributed by atoms with van der Waals surface area (Å²) in [7, 11) is -53.9. The lowest BCUT2D eigenvalue weighted by molar-refractivity contribution is -0.306. The maximum atomic E-state index is 14.8. The van der Waals surface area contributed by atoms with E-state index in [1.54, 1.807) is 0 Å². The van der Waals surface area contributed by atoms with E-state index in [1.807, 2.05) is 0 Å². The van der Waals surface area contributed by atoms with Gasteiger partial charge in [-0.1, -0.05) is 0 Å². The Balaban J connectivity index is 1.88. The average molecular weight is 1410 g/mol. The molecule has 2 aromatic carbocycles. The van der Waals surface area contributed by atoms with Crippen LogP contribution in [-0.4, -0.2) is 198 Å². The van der Waals surface area contributed by atoms with E-state index in [1.165, 1.54) is 0 Å². The van der Waals surface area contributed by atoms with Crippen LogP contribution in [0.3, 0.4) is 0 Å². The number of hydrogen-bond donors (Lipinski definition) is 12. The molecule has 0 saturated carbocycles. The first kappa shape index (κ1) is 69.5. The second-order valence-corrected chi connectivity index (χ2v) is 25.7. The standard InChI is InChI=1S/C27H32O46S10/c1-8-18(68-78(41,42)43)22(70-80(47,48)49)24(72-82(53,54)55)26(60-8)59-7-15-20(69-79(44,45)46)23(71-81(50,51)52)25(73-83(56,57)58)27(62-15)63-21-17(28)16-13(5-10(64-74(29,30)31)6-14(16)67-77(38,39)40)61-19(21)9-2-3-11(65-75(32,33)34)12(4-9)66-76(35,36)37/h2-6,8,15,18,20,22-27,50-52H,7H2,1H3,(H,29,30,31)(H,32,33,34)(H,35,36,37)(H,38,39,40)(H,41,42,43)(H,44,45,46)(H,47,48,49)(H,53,54,55)(H,56,57,58)/t8-,15+,18-,20+,22+,23-,24+,25+,26?,27?/m1/s1. The lowest BCUT2D eigenvalue weighted by atomic mass is 9.98. The molecule has 1 aromatic heterocycles. The van der Waals surface area contributed by atoms with Crippen molar-refractivity contribution in [3.05, 3.63) is 40.6 Å². The second kappa shape index (κ2) is 24.5. The van der Waals surface area contributed by atoms with Crippen molar-refractivity contribution in [3.63, 3.8) is 0 Å². The first-order valence-corrected chi connectivity index (χ1v) is 33.4. The summed E-state index contributed by atoms with van der Waals surface area (Å²) in [5, 5.41) is -1.52. The molecule has 0 aliphatic carbocycles. The summed E-state index contributed by atoms with van der Waals surface area (Å²) in [6, 6.07) is 1.03. The molecule has 2 fully saturated rings. The van der Waals surface area contributed by atoms with Crippen LogP contribution in [0.15, 0.2) is 39.5 Å². The van der Waals surface area contributed by atoms with Crippen molar-refractivity contribution < 1.29 is 196 Å². The van der Waals surface area contributed by atoms with Gasteiger partial charge in [0.05, 0.1) is 12.7 Å². The Morgan fingerprint density at radius 2 is 0.880 bits per heavy atom. The molecule has 5 rings (SSSR count). The van der Waals surface area contributed by atoms with Gasteiger partial charge < -0.3 is 40.1 Å². The molecule has 10 atom stereocenters. The molecular weight excluding hydrogens is 1380 g/mol. The van der Waals surface area contributed by atoms with Gasteiger partial charge in [0.1, 0.15) is 41.5 Å². The van der Waals surface area contributed by atoms with Crippen LogP contribution in [0.5, 0.6) is 28.7 Å². The van der Waals surface area contributed by atoms with Crippen molar-refractivity contribution >= 4 is 116 Å². The predicted octanol–water partition coefficient (Wildman–Crippen LogP) is -3.48. The highest BCUT2D eigenvalue weighted by atomic mass is 32.3. The van der Waals surface area contributed by atoms with Gasteiger partial charge in [-0.05, 0) is 25.1 Å². The smallest absolute Gasteiger partial charge is 0.446 e. The van der Waals surface area contributed by atoms with E-state index in [2.05, 4.69) is 41.8 Å². The van der Waals surface area contributed by atoms with Gasteiger partial charge in [-0.15, -0.1) is 0 Å². The molecular formula is C27H32O46S10. The molecule has 2 aliphatic heterocycles. The molecule has 83 heavy (non-hydrogen) atoms. The molecule has 56 heteroatoms. The van der Waals surface area contributed by atoms with Crippen molar-refractivity contribution in [3.8, 4) is 40.1 Å². The third kappa shape index (κ3) is 21.6. The van der Waals surface area contributed by atoms with Crippen LogP contribution in [0.25, 0.3) is 22.3 Å². The van der Waals surface area contributed by atoms with Crippen LogP contribution in [0.4, 0.5) is 0 Å². The van der Waals surface area contributed by atoms with Gasteiger partial charge >= 0.3 is 93.6 Å². The van der Waals surface area contributed by atoms with Crippen molar-refractivity contribution in [2.24, 2.45) is 0 Å². The molecule has 3 aromatic rings. The van der Waals surface area contributed by atoms with Crippen LogP contribution in [0.2, 0.25) is 0 Å². The minimum absolute atomic E-state index is 0.0432. The van der Waals surface area contributed by atoms with Gasteiger partial charge in [-0.3, -0.25) is 63.6 Å². The summed E-state index contributed by atoms with van der Waals surface area (Å²) in [6.07, 6.45) is -30.6. The van der Waals surface area contributed by atoms with Crippen LogP contribution >= 0.6 is 11.2 Å². The number of fused-ring (bicyclic) bond motifs is 1. The summed E-state index contributed by atoms with van der Waals surface area (Å²) in [6.45, 7) is -1.27. The summed E-state index contributed by atoms with van der Waals surface area (Å²) >= 11 is -5.89. The maximum absolute atomic E-state index is 14.8.